The third-order valence-corrected chi connectivity index (χ3v) is 5.72. The fraction of sp³-hybridized carbons (Fsp3) is 0.440. The monoisotopic (exact) mass is 527 g/mol. The van der Waals surface area contributed by atoms with Crippen LogP contribution in [0.3, 0.4) is 0 Å². The lowest BCUT2D eigenvalue weighted by atomic mass is 10.0. The third kappa shape index (κ3) is 8.61. The molecule has 0 unspecified atom stereocenters. The Bertz CT molecular complexity index is 1030. The summed E-state index contributed by atoms with van der Waals surface area (Å²) in [5, 5.41) is 14.3. The summed E-state index contributed by atoms with van der Waals surface area (Å²) in [6.45, 7) is 3.65. The van der Waals surface area contributed by atoms with Gasteiger partial charge in [0.25, 0.3) is 0 Å². The maximum atomic E-state index is 14.9. The molecule has 2 amide bonds. The van der Waals surface area contributed by atoms with Gasteiger partial charge in [-0.05, 0) is 62.1 Å². The van der Waals surface area contributed by atoms with Gasteiger partial charge in [-0.2, -0.15) is 0 Å². The van der Waals surface area contributed by atoms with Crippen molar-refractivity contribution in [1.82, 2.24) is 0 Å². The lowest BCUT2D eigenvalue weighted by Gasteiger charge is -2.36. The highest BCUT2D eigenvalue weighted by molar-refractivity contribution is 6.30. The summed E-state index contributed by atoms with van der Waals surface area (Å²) in [6, 6.07) is 5.97. The van der Waals surface area contributed by atoms with Crippen molar-refractivity contribution in [3.63, 3.8) is 0 Å². The molecule has 0 atom stereocenters. The highest BCUT2D eigenvalue weighted by atomic mass is 35.5. The van der Waals surface area contributed by atoms with Crippen LogP contribution in [0.4, 0.5) is 30.6 Å². The molecule has 1 heterocycles. The molecule has 3 rings (SSSR count). The number of carbonyl (C=O) groups excluding carboxylic acids is 1. The van der Waals surface area contributed by atoms with Crippen LogP contribution in [-0.4, -0.2) is 57.1 Å². The van der Waals surface area contributed by atoms with E-state index in [4.69, 9.17) is 21.4 Å². The number of ether oxygens (including phenoxy) is 2. The minimum absolute atomic E-state index is 0.0348. The predicted molar refractivity (Wildman–Crippen MR) is 136 cm³/mol. The number of aryl methyl sites for hydroxylation is 1. The molecule has 0 aliphatic carbocycles. The minimum atomic E-state index is -1.05. The summed E-state index contributed by atoms with van der Waals surface area (Å²) in [6.07, 6.45) is 1.21. The SMILES string of the molecule is CCN(c1cc(F)c(CCC(=O)O)cc1NC(=O)Nc1ccc(Cl)cc1F)C1CCOCC1.COC. The normalized spacial score (nSPS) is 13.4. The molecule has 1 fully saturated rings. The number of carboxylic acid groups (broad SMARTS) is 1. The first-order chi connectivity index (χ1) is 17.2. The topological polar surface area (TPSA) is 100 Å². The van der Waals surface area contributed by atoms with Crippen molar-refractivity contribution >= 4 is 40.7 Å². The van der Waals surface area contributed by atoms with Crippen molar-refractivity contribution < 1.29 is 33.0 Å². The summed E-state index contributed by atoms with van der Waals surface area (Å²) in [7, 11) is 3.25. The first kappa shape index (κ1) is 29.3. The molecule has 0 saturated carbocycles. The molecule has 3 N–H and O–H groups in total. The van der Waals surface area contributed by atoms with E-state index in [0.29, 0.717) is 31.1 Å². The van der Waals surface area contributed by atoms with Gasteiger partial charge in [0.1, 0.15) is 11.6 Å². The number of nitrogens with zero attached hydrogens (tertiary/aromatic N) is 1. The maximum absolute atomic E-state index is 14.9. The number of urea groups is 1. The lowest BCUT2D eigenvalue weighted by Crippen LogP contribution is -2.40. The van der Waals surface area contributed by atoms with Crippen LogP contribution in [-0.2, 0) is 20.7 Å². The fourth-order valence-corrected chi connectivity index (χ4v) is 4.03. The molecule has 8 nitrogen and oxygen atoms in total. The van der Waals surface area contributed by atoms with Crippen LogP contribution < -0.4 is 15.5 Å². The Morgan fingerprint density at radius 2 is 1.75 bits per heavy atom. The third-order valence-electron chi connectivity index (χ3n) is 5.48. The molecule has 2 aromatic rings. The number of anilines is 3. The molecule has 2 aromatic carbocycles. The van der Waals surface area contributed by atoms with E-state index in [1.807, 2.05) is 11.8 Å². The standard InChI is InChI=1S/C23H26ClF2N3O4.C2H6O/c1-2-29(16-7-9-33-10-8-16)21-13-17(25)14(3-6-22(30)31)11-20(21)28-23(32)27-19-5-4-15(24)12-18(19)26;1-3-2/h4-5,11-13,16H,2-3,6-10H2,1H3,(H,30,31)(H2,27,28,32);1-2H3. The van der Waals surface area contributed by atoms with Crippen molar-refractivity contribution in [2.45, 2.75) is 38.6 Å². The number of hydrogen-bond acceptors (Lipinski definition) is 5. The van der Waals surface area contributed by atoms with Gasteiger partial charge in [0.2, 0.25) is 0 Å². The van der Waals surface area contributed by atoms with Crippen LogP contribution in [0.2, 0.25) is 5.02 Å². The number of halogens is 3. The molecule has 1 aliphatic rings. The Morgan fingerprint density at radius 3 is 2.33 bits per heavy atom. The molecular formula is C25H32ClF2N3O5. The van der Waals surface area contributed by atoms with Gasteiger partial charge in [-0.15, -0.1) is 0 Å². The Kier molecular flexibility index (Phi) is 11.9. The van der Waals surface area contributed by atoms with E-state index < -0.39 is 23.6 Å². The highest BCUT2D eigenvalue weighted by Crippen LogP contribution is 2.33. The molecule has 11 heteroatoms. The second kappa shape index (κ2) is 14.6. The fourth-order valence-electron chi connectivity index (χ4n) is 3.87. The quantitative estimate of drug-likeness (QED) is 0.416. The molecule has 198 valence electrons. The van der Waals surface area contributed by atoms with Gasteiger partial charge in [-0.3, -0.25) is 4.79 Å². The van der Waals surface area contributed by atoms with E-state index >= 15 is 0 Å². The summed E-state index contributed by atoms with van der Waals surface area (Å²) >= 11 is 5.75. The van der Waals surface area contributed by atoms with E-state index in [9.17, 15) is 18.4 Å². The van der Waals surface area contributed by atoms with E-state index in [1.165, 1.54) is 24.3 Å². The summed E-state index contributed by atoms with van der Waals surface area (Å²) in [5.74, 6) is -2.30. The van der Waals surface area contributed by atoms with Crippen LogP contribution >= 0.6 is 11.6 Å². The van der Waals surface area contributed by atoms with Gasteiger partial charge in [0.05, 0.1) is 17.1 Å². The molecule has 36 heavy (non-hydrogen) atoms. The van der Waals surface area contributed by atoms with Crippen molar-refractivity contribution in [2.24, 2.45) is 0 Å². The molecule has 0 bridgehead atoms. The van der Waals surface area contributed by atoms with Crippen molar-refractivity contribution in [3.05, 3.63) is 52.6 Å². The number of hydrogen-bond donors (Lipinski definition) is 3. The molecular weight excluding hydrogens is 496 g/mol. The van der Waals surface area contributed by atoms with E-state index in [-0.39, 0.29) is 35.2 Å². The maximum Gasteiger partial charge on any atom is 0.323 e. The Morgan fingerprint density at radius 1 is 1.11 bits per heavy atom. The van der Waals surface area contributed by atoms with Crippen molar-refractivity contribution in [1.29, 1.82) is 0 Å². The van der Waals surface area contributed by atoms with Gasteiger partial charge >= 0.3 is 12.0 Å². The zero-order chi connectivity index (χ0) is 26.7. The van der Waals surface area contributed by atoms with Crippen LogP contribution in [0.5, 0.6) is 0 Å². The van der Waals surface area contributed by atoms with Gasteiger partial charge < -0.3 is 30.1 Å². The highest BCUT2D eigenvalue weighted by Gasteiger charge is 2.25. The number of amides is 2. The van der Waals surface area contributed by atoms with Crippen LogP contribution in [0, 0.1) is 11.6 Å². The molecule has 0 radical (unpaired) electrons. The number of carboxylic acids is 1. The minimum Gasteiger partial charge on any atom is -0.481 e. The molecule has 1 aliphatic heterocycles. The molecule has 0 aromatic heterocycles. The van der Waals surface area contributed by atoms with Gasteiger partial charge in [0, 0.05) is 51.5 Å². The number of benzene rings is 2. The van der Waals surface area contributed by atoms with Crippen molar-refractivity contribution in [3.8, 4) is 0 Å². The largest absolute Gasteiger partial charge is 0.481 e. The van der Waals surface area contributed by atoms with Gasteiger partial charge in [0.15, 0.2) is 0 Å². The number of carbonyl (C=O) groups is 2. The number of nitrogens with one attached hydrogen (secondary N) is 2. The molecule has 1 saturated heterocycles. The Hall–Kier alpha value is -2.95. The van der Waals surface area contributed by atoms with Crippen LogP contribution in [0.25, 0.3) is 0 Å². The second-order valence-corrected chi connectivity index (χ2v) is 8.53. The van der Waals surface area contributed by atoms with Crippen LogP contribution in [0.15, 0.2) is 30.3 Å². The van der Waals surface area contributed by atoms with Gasteiger partial charge in [-0.1, -0.05) is 11.6 Å². The summed E-state index contributed by atoms with van der Waals surface area (Å²) in [5.41, 5.74) is 0.866. The van der Waals surface area contributed by atoms with Gasteiger partial charge in [-0.25, -0.2) is 13.6 Å². The first-order valence-corrected chi connectivity index (χ1v) is 11.9. The zero-order valence-electron chi connectivity index (χ0n) is 20.6. The van der Waals surface area contributed by atoms with Crippen molar-refractivity contribution in [2.75, 3.05) is 49.5 Å². The van der Waals surface area contributed by atoms with Crippen LogP contribution in [0.1, 0.15) is 31.7 Å². The Labute approximate surface area is 214 Å². The number of methoxy groups -OCH3 is 1. The zero-order valence-corrected chi connectivity index (χ0v) is 21.3. The summed E-state index contributed by atoms with van der Waals surface area (Å²) < 4.78 is 38.7. The van der Waals surface area contributed by atoms with E-state index in [2.05, 4.69) is 15.4 Å². The second-order valence-electron chi connectivity index (χ2n) is 8.10. The predicted octanol–water partition coefficient (Wildman–Crippen LogP) is 5.55. The number of rotatable bonds is 8. The molecule has 0 spiro atoms. The smallest absolute Gasteiger partial charge is 0.323 e. The lowest BCUT2D eigenvalue weighted by molar-refractivity contribution is -0.136. The number of aliphatic carboxylic acids is 1. The average molecular weight is 528 g/mol. The van der Waals surface area contributed by atoms with E-state index in [0.717, 1.165) is 18.9 Å². The Balaban J connectivity index is 0.00000145. The first-order valence-electron chi connectivity index (χ1n) is 11.5. The van der Waals surface area contributed by atoms with E-state index in [1.54, 1.807) is 14.2 Å². The summed E-state index contributed by atoms with van der Waals surface area (Å²) in [4.78, 5) is 25.6. The average Bonchev–Trinajstić information content (AvgIpc) is 2.83.